The van der Waals surface area contributed by atoms with Crippen molar-refractivity contribution in [2.24, 2.45) is 4.99 Å². The molecule has 0 spiro atoms. The van der Waals surface area contributed by atoms with Crippen molar-refractivity contribution in [1.29, 1.82) is 0 Å². The van der Waals surface area contributed by atoms with Gasteiger partial charge in [0.1, 0.15) is 13.2 Å². The van der Waals surface area contributed by atoms with Crippen LogP contribution in [0.5, 0.6) is 11.5 Å². The highest BCUT2D eigenvalue weighted by molar-refractivity contribution is 8.13. The summed E-state index contributed by atoms with van der Waals surface area (Å²) in [5.41, 5.74) is 1.87. The maximum atomic E-state index is 12.2. The van der Waals surface area contributed by atoms with E-state index < -0.39 is 9.84 Å². The number of rotatable bonds is 3. The van der Waals surface area contributed by atoms with Gasteiger partial charge < -0.3 is 14.4 Å². The molecule has 3 aliphatic rings. The van der Waals surface area contributed by atoms with Crippen molar-refractivity contribution in [3.63, 3.8) is 0 Å². The number of aliphatic imine (C=N–C) groups is 1. The summed E-state index contributed by atoms with van der Waals surface area (Å²) in [5.74, 6) is 2.17. The van der Waals surface area contributed by atoms with E-state index in [1.165, 1.54) is 0 Å². The fourth-order valence-corrected chi connectivity index (χ4v) is 7.12. The van der Waals surface area contributed by atoms with Crippen LogP contribution in [-0.4, -0.2) is 50.4 Å². The number of thioether (sulfide) groups is 1. The number of ether oxygens (including phenoxy) is 2. The van der Waals surface area contributed by atoms with E-state index in [-0.39, 0.29) is 23.6 Å². The van der Waals surface area contributed by atoms with Crippen LogP contribution in [0.4, 0.5) is 5.69 Å². The van der Waals surface area contributed by atoms with Gasteiger partial charge >= 0.3 is 0 Å². The summed E-state index contributed by atoms with van der Waals surface area (Å²) in [6.45, 7) is 1.01. The monoisotopic (exact) mass is 484 g/mol. The molecule has 0 amide bonds. The third-order valence-electron chi connectivity index (χ3n) is 5.26. The van der Waals surface area contributed by atoms with Gasteiger partial charge in [-0.05, 0) is 29.8 Å². The molecule has 0 bridgehead atoms. The largest absolute Gasteiger partial charge is 0.486 e. The van der Waals surface area contributed by atoms with Gasteiger partial charge in [-0.1, -0.05) is 41.0 Å². The summed E-state index contributed by atoms with van der Waals surface area (Å²) >= 11 is 13.7. The number of amidine groups is 1. The van der Waals surface area contributed by atoms with Gasteiger partial charge in [0.25, 0.3) is 0 Å². The zero-order valence-corrected chi connectivity index (χ0v) is 18.9. The van der Waals surface area contributed by atoms with E-state index in [2.05, 4.69) is 0 Å². The lowest BCUT2D eigenvalue weighted by atomic mass is 10.1. The van der Waals surface area contributed by atoms with Crippen LogP contribution >= 0.6 is 35.0 Å². The predicted molar refractivity (Wildman–Crippen MR) is 121 cm³/mol. The number of hydrogen-bond donors (Lipinski definition) is 0. The van der Waals surface area contributed by atoms with E-state index in [0.717, 1.165) is 16.4 Å². The molecule has 10 heteroatoms. The molecule has 0 N–H and O–H groups in total. The first-order valence-electron chi connectivity index (χ1n) is 9.43. The third kappa shape index (κ3) is 3.86. The average Bonchev–Trinajstić information content (AvgIpc) is 3.19. The Balaban J connectivity index is 1.44. The van der Waals surface area contributed by atoms with Crippen LogP contribution in [0.2, 0.25) is 10.0 Å². The van der Waals surface area contributed by atoms with Gasteiger partial charge in [0.2, 0.25) is 0 Å². The lowest BCUT2D eigenvalue weighted by Crippen LogP contribution is -2.39. The molecular formula is C20H18Cl2N2O4S2. The third-order valence-corrected chi connectivity index (χ3v) is 8.74. The second kappa shape index (κ2) is 7.82. The molecule has 2 aromatic carbocycles. The summed E-state index contributed by atoms with van der Waals surface area (Å²) in [6, 6.07) is 10.8. The lowest BCUT2D eigenvalue weighted by molar-refractivity contribution is 0.171. The molecule has 2 atom stereocenters. The maximum Gasteiger partial charge on any atom is 0.164 e. The molecule has 3 heterocycles. The lowest BCUT2D eigenvalue weighted by Gasteiger charge is -2.28. The summed E-state index contributed by atoms with van der Waals surface area (Å²) in [5, 5.41) is 1.82. The number of nitrogens with zero attached hydrogens (tertiary/aromatic N) is 2. The van der Waals surface area contributed by atoms with Gasteiger partial charge in [0.15, 0.2) is 26.5 Å². The van der Waals surface area contributed by atoms with E-state index in [1.807, 2.05) is 35.2 Å². The van der Waals surface area contributed by atoms with Gasteiger partial charge in [-0.15, -0.1) is 0 Å². The number of benzene rings is 2. The summed E-state index contributed by atoms with van der Waals surface area (Å²) in [7, 11) is -3.11. The Morgan fingerprint density at radius 3 is 2.63 bits per heavy atom. The van der Waals surface area contributed by atoms with Crippen LogP contribution in [-0.2, 0) is 15.6 Å². The maximum absolute atomic E-state index is 12.2. The minimum Gasteiger partial charge on any atom is -0.486 e. The molecule has 1 fully saturated rings. The van der Waals surface area contributed by atoms with Crippen molar-refractivity contribution < 1.29 is 17.9 Å². The molecule has 30 heavy (non-hydrogen) atoms. The molecule has 3 aliphatic heterocycles. The number of halogens is 2. The molecule has 6 nitrogen and oxygen atoms in total. The number of fused-ring (bicyclic) bond motifs is 2. The molecule has 2 aromatic rings. The van der Waals surface area contributed by atoms with Crippen LogP contribution in [0, 0.1) is 0 Å². The van der Waals surface area contributed by atoms with Crippen LogP contribution in [0.3, 0.4) is 0 Å². The van der Waals surface area contributed by atoms with E-state index in [4.69, 9.17) is 37.7 Å². The van der Waals surface area contributed by atoms with Gasteiger partial charge in [-0.3, -0.25) is 4.99 Å². The van der Waals surface area contributed by atoms with Gasteiger partial charge in [-0.25, -0.2) is 8.42 Å². The predicted octanol–water partition coefficient (Wildman–Crippen LogP) is 4.04. The normalized spacial score (nSPS) is 23.9. The van der Waals surface area contributed by atoms with Crippen molar-refractivity contribution in [3.05, 3.63) is 52.0 Å². The van der Waals surface area contributed by atoms with Crippen LogP contribution in [0.15, 0.2) is 41.4 Å². The molecular weight excluding hydrogens is 467 g/mol. The van der Waals surface area contributed by atoms with Gasteiger partial charge in [0.05, 0.1) is 33.6 Å². The molecule has 0 aromatic heterocycles. The van der Waals surface area contributed by atoms with Crippen molar-refractivity contribution >= 4 is 55.7 Å². The Labute approximate surface area is 189 Å². The fraction of sp³-hybridized carbons (Fsp3) is 0.350. The van der Waals surface area contributed by atoms with E-state index in [0.29, 0.717) is 40.5 Å². The zero-order chi connectivity index (χ0) is 20.9. The summed E-state index contributed by atoms with van der Waals surface area (Å²) < 4.78 is 35.8. The van der Waals surface area contributed by atoms with Crippen molar-refractivity contribution in [1.82, 2.24) is 0 Å². The van der Waals surface area contributed by atoms with Crippen LogP contribution < -0.4 is 14.4 Å². The highest BCUT2D eigenvalue weighted by Crippen LogP contribution is 2.40. The number of anilines is 1. The standard InChI is InChI=1S/C20H18Cl2N2O4S2/c21-14-3-1-12(7-15(14)22)9-29-20-23-16-10-30(25,26)11-17(16)24(20)13-2-4-18-19(8-13)28-6-5-27-18/h1-4,7-8,16-17H,5-6,9-11H2/t16-,17-/m0/s1. The average molecular weight is 485 g/mol. The first kappa shape index (κ1) is 20.3. The Morgan fingerprint density at radius 1 is 1.03 bits per heavy atom. The Morgan fingerprint density at radius 2 is 1.83 bits per heavy atom. The van der Waals surface area contributed by atoms with Crippen molar-refractivity contribution in [2.75, 3.05) is 29.6 Å². The molecule has 0 saturated carbocycles. The minimum atomic E-state index is -3.11. The first-order valence-corrected chi connectivity index (χ1v) is 13.0. The molecule has 5 rings (SSSR count). The van der Waals surface area contributed by atoms with E-state index in [9.17, 15) is 8.42 Å². The second-order valence-electron chi connectivity index (χ2n) is 7.36. The topological polar surface area (TPSA) is 68.2 Å². The van der Waals surface area contributed by atoms with E-state index in [1.54, 1.807) is 17.8 Å². The van der Waals surface area contributed by atoms with Crippen LogP contribution in [0.1, 0.15) is 5.56 Å². The summed E-state index contributed by atoms with van der Waals surface area (Å²) in [6.07, 6.45) is 0. The highest BCUT2D eigenvalue weighted by atomic mass is 35.5. The number of hydrogen-bond acceptors (Lipinski definition) is 7. The number of sulfone groups is 1. The molecule has 0 radical (unpaired) electrons. The molecule has 0 aliphatic carbocycles. The quantitative estimate of drug-likeness (QED) is 0.654. The molecule has 0 unspecified atom stereocenters. The highest BCUT2D eigenvalue weighted by Gasteiger charge is 2.47. The Hall–Kier alpha value is -1.61. The SMILES string of the molecule is O=S1(=O)C[C@@H]2N=C(SCc3ccc(Cl)c(Cl)c3)N(c3ccc4c(c3)OCCO4)[C@H]2C1. The Kier molecular flexibility index (Phi) is 5.29. The zero-order valence-electron chi connectivity index (χ0n) is 15.8. The molecule has 158 valence electrons. The van der Waals surface area contributed by atoms with Crippen LogP contribution in [0.25, 0.3) is 0 Å². The van der Waals surface area contributed by atoms with Crippen molar-refractivity contribution in [2.45, 2.75) is 17.8 Å². The van der Waals surface area contributed by atoms with Gasteiger partial charge in [-0.2, -0.15) is 0 Å². The fourth-order valence-electron chi connectivity index (χ4n) is 3.89. The first-order chi connectivity index (χ1) is 14.4. The van der Waals surface area contributed by atoms with E-state index >= 15 is 0 Å². The molecule has 1 saturated heterocycles. The minimum absolute atomic E-state index is 0.0789. The van der Waals surface area contributed by atoms with Gasteiger partial charge in [0, 0.05) is 17.5 Å². The summed E-state index contributed by atoms with van der Waals surface area (Å²) in [4.78, 5) is 6.79. The smallest absolute Gasteiger partial charge is 0.164 e. The Bertz CT molecular complexity index is 1140. The van der Waals surface area contributed by atoms with Crippen molar-refractivity contribution in [3.8, 4) is 11.5 Å². The second-order valence-corrected chi connectivity index (χ2v) is 11.3.